The lowest BCUT2D eigenvalue weighted by atomic mass is 10.1. The van der Waals surface area contributed by atoms with Crippen LogP contribution < -0.4 is 30.7 Å². The Balaban J connectivity index is 1.09. The molecule has 2 saturated heterocycles. The minimum Gasteiger partial charge on any atom is -0.490 e. The number of carboxylic acid groups (broad SMARTS) is 1. The lowest BCUT2D eigenvalue weighted by Gasteiger charge is -2.29. The summed E-state index contributed by atoms with van der Waals surface area (Å²) < 4.78 is 46.1. The number of rotatable bonds is 16. The van der Waals surface area contributed by atoms with Crippen molar-refractivity contribution >= 4 is 62.8 Å². The van der Waals surface area contributed by atoms with Crippen molar-refractivity contribution < 1.29 is 47.3 Å². The zero-order valence-electron chi connectivity index (χ0n) is 35.0. The van der Waals surface area contributed by atoms with Crippen LogP contribution in [0.2, 0.25) is 5.02 Å². The van der Waals surface area contributed by atoms with Crippen molar-refractivity contribution in [2.45, 2.75) is 120 Å². The third kappa shape index (κ3) is 9.14. The second-order valence-corrected chi connectivity index (χ2v) is 19.0. The van der Waals surface area contributed by atoms with E-state index in [0.717, 1.165) is 19.3 Å². The molecule has 9 atom stereocenters. The number of amides is 3. The van der Waals surface area contributed by atoms with Gasteiger partial charge in [0.2, 0.25) is 11.8 Å². The Kier molecular flexibility index (Phi) is 12.1. The molecule has 0 radical (unpaired) electrons. The number of carboxylic acids is 1. The topological polar surface area (TPSA) is 193 Å². The Morgan fingerprint density at radius 1 is 1.08 bits per heavy atom. The fraction of sp³-hybridized carbons (Fsp3) is 0.581. The normalized spacial score (nSPS) is 28.6. The van der Waals surface area contributed by atoms with Crippen LogP contribution in [-0.2, 0) is 19.1 Å². The van der Waals surface area contributed by atoms with Gasteiger partial charge in [0.05, 0.1) is 24.3 Å². The van der Waals surface area contributed by atoms with E-state index in [-0.39, 0.29) is 66.8 Å². The van der Waals surface area contributed by atoms with Crippen LogP contribution in [0, 0.1) is 17.8 Å². The molecule has 15 nitrogen and oxygen atoms in total. The first-order valence-electron chi connectivity index (χ1n) is 21.2. The zero-order valence-corrected chi connectivity index (χ0v) is 36.5. The van der Waals surface area contributed by atoms with E-state index in [1.807, 2.05) is 26.2 Å². The number of carbonyl (C=O) groups is 4. The second-order valence-electron chi connectivity index (χ2n) is 17.8. The van der Waals surface area contributed by atoms with E-state index >= 15 is 0 Å². The highest BCUT2D eigenvalue weighted by atomic mass is 35.5. The number of hydrogen-bond acceptors (Lipinski definition) is 12. The number of aromatic nitrogens is 2. The fourth-order valence-electron chi connectivity index (χ4n) is 9.13. The van der Waals surface area contributed by atoms with Gasteiger partial charge >= 0.3 is 12.1 Å². The van der Waals surface area contributed by atoms with Crippen LogP contribution in [0.1, 0.15) is 72.6 Å². The predicted molar refractivity (Wildman–Crippen MR) is 228 cm³/mol. The Hall–Kier alpha value is -4.81. The van der Waals surface area contributed by atoms with Crippen LogP contribution in [0.4, 0.5) is 18.7 Å². The Bertz CT molecular complexity index is 2270. The standard InChI is InChI=1S/C43H52ClF2N7O8S/c1-6-24-14-43(24,39(56)57)52-37(54)31-12-27(16-53(31)38(55)35(20(2)3)51-41(58)61-26-10-22-9-23(22)11-26)60-33-13-29(30-18-62-40(50-30)48-21(4)5)49-36-28(33)7-8-32(34(36)44)59-17-25-15-42(45,46)19-47-25/h7-8,13,18,21-27,31,35,47H,2,6,9-12,14-17,19H2,1,3-5H3,(H,48,50)(H,51,58)(H,52,54)(H,56,57)/t22-,23+,24-,25+,26+,27-,31+,35+,43-/m1/s1. The summed E-state index contributed by atoms with van der Waals surface area (Å²) in [5.74, 6) is -3.91. The number of alkyl carbamates (subject to hydrolysis) is 1. The van der Waals surface area contributed by atoms with Crippen molar-refractivity contribution in [3.8, 4) is 22.9 Å². The van der Waals surface area contributed by atoms with Gasteiger partial charge in [0.25, 0.3) is 5.92 Å². The van der Waals surface area contributed by atoms with Gasteiger partial charge in [-0.3, -0.25) is 9.59 Å². The summed E-state index contributed by atoms with van der Waals surface area (Å²) in [6.45, 7) is 10.8. The van der Waals surface area contributed by atoms with Crippen LogP contribution in [0.25, 0.3) is 22.3 Å². The average molecular weight is 900 g/mol. The number of nitrogens with zero attached hydrogens (tertiary/aromatic N) is 3. The van der Waals surface area contributed by atoms with E-state index < -0.39 is 66.1 Å². The van der Waals surface area contributed by atoms with E-state index in [4.69, 9.17) is 35.8 Å². The summed E-state index contributed by atoms with van der Waals surface area (Å²) in [5, 5.41) is 24.7. The molecule has 0 bridgehead atoms. The average Bonchev–Trinajstić information content (AvgIpc) is 3.75. The molecule has 2 aromatic heterocycles. The third-order valence-electron chi connectivity index (χ3n) is 12.6. The van der Waals surface area contributed by atoms with Crippen molar-refractivity contribution in [2.24, 2.45) is 17.8 Å². The van der Waals surface area contributed by atoms with Crippen LogP contribution >= 0.6 is 22.9 Å². The molecule has 1 aromatic carbocycles. The Morgan fingerprint density at radius 2 is 1.84 bits per heavy atom. The van der Waals surface area contributed by atoms with Gasteiger partial charge < -0.3 is 45.5 Å². The van der Waals surface area contributed by atoms with E-state index in [0.29, 0.717) is 51.5 Å². The number of halogens is 3. The Labute approximate surface area is 366 Å². The van der Waals surface area contributed by atoms with E-state index in [2.05, 4.69) is 27.8 Å². The molecule has 0 unspecified atom stereocenters. The van der Waals surface area contributed by atoms with Crippen molar-refractivity contribution in [1.82, 2.24) is 30.8 Å². The van der Waals surface area contributed by atoms with Gasteiger partial charge in [0, 0.05) is 41.8 Å². The lowest BCUT2D eigenvalue weighted by Crippen LogP contribution is -2.56. The van der Waals surface area contributed by atoms with Crippen LogP contribution in [0.15, 0.2) is 35.7 Å². The molecule has 4 heterocycles. The summed E-state index contributed by atoms with van der Waals surface area (Å²) in [4.78, 5) is 65.2. The molecule has 0 spiro atoms. The molecule has 3 saturated carbocycles. The smallest absolute Gasteiger partial charge is 0.408 e. The highest BCUT2D eigenvalue weighted by molar-refractivity contribution is 7.14. The van der Waals surface area contributed by atoms with E-state index in [1.54, 1.807) is 25.1 Å². The van der Waals surface area contributed by atoms with Crippen molar-refractivity contribution in [2.75, 3.05) is 25.0 Å². The van der Waals surface area contributed by atoms with Crippen LogP contribution in [0.3, 0.4) is 0 Å². The number of pyridine rings is 1. The molecule has 3 aromatic rings. The molecule has 3 amide bonds. The molecule has 2 aliphatic heterocycles. The van der Waals surface area contributed by atoms with Gasteiger partial charge in [0.15, 0.2) is 5.13 Å². The molecular formula is C43H52ClF2N7O8S. The summed E-state index contributed by atoms with van der Waals surface area (Å²) in [7, 11) is 0. The van der Waals surface area contributed by atoms with Crippen LogP contribution in [-0.4, -0.2) is 111 Å². The molecule has 5 fully saturated rings. The molecule has 3 aliphatic carbocycles. The molecule has 62 heavy (non-hydrogen) atoms. The predicted octanol–water partition coefficient (Wildman–Crippen LogP) is 6.40. The second kappa shape index (κ2) is 17.1. The number of thiazole rings is 1. The summed E-state index contributed by atoms with van der Waals surface area (Å²) >= 11 is 8.35. The first-order chi connectivity index (χ1) is 29.4. The highest BCUT2D eigenvalue weighted by Crippen LogP contribution is 2.52. The minimum absolute atomic E-state index is 0.0332. The van der Waals surface area contributed by atoms with Crippen molar-refractivity contribution in [3.05, 3.63) is 40.8 Å². The maximum absolute atomic E-state index is 14.5. The van der Waals surface area contributed by atoms with Gasteiger partial charge in [-0.2, -0.15) is 0 Å². The van der Waals surface area contributed by atoms with Crippen molar-refractivity contribution in [3.63, 3.8) is 0 Å². The first-order valence-corrected chi connectivity index (χ1v) is 22.4. The summed E-state index contributed by atoms with van der Waals surface area (Å²) in [6.07, 6.45) is 1.26. The van der Waals surface area contributed by atoms with E-state index in [1.165, 1.54) is 16.2 Å². The van der Waals surface area contributed by atoms with Gasteiger partial charge in [0.1, 0.15) is 58.7 Å². The van der Waals surface area contributed by atoms with E-state index in [9.17, 15) is 33.1 Å². The molecule has 8 rings (SSSR count). The molecule has 334 valence electrons. The number of ether oxygens (including phenoxy) is 3. The Morgan fingerprint density at radius 3 is 2.48 bits per heavy atom. The van der Waals surface area contributed by atoms with Gasteiger partial charge in [-0.25, -0.2) is 28.3 Å². The number of aliphatic carboxylic acids is 1. The molecule has 5 N–H and O–H groups in total. The number of benzene rings is 1. The SMILES string of the molecule is C=C(C)[C@H](NC(=O)O[C@@H]1C[C@@H]2C[C@@H]2C1)C(=O)N1C[C@H](Oc2cc(-c3csc(NC(C)C)n3)nc3c(Cl)c(OC[C@@H]4CC(F)(F)CN4)ccc23)C[C@H]1C(=O)N[C@]1(C(=O)O)C[C@H]1CC. The molecule has 19 heteroatoms. The molecular weight excluding hydrogens is 848 g/mol. The zero-order chi connectivity index (χ0) is 44.2. The quantitative estimate of drug-likeness (QED) is 0.0997. The van der Waals surface area contributed by atoms with Crippen molar-refractivity contribution in [1.29, 1.82) is 0 Å². The minimum atomic E-state index is -2.84. The van der Waals surface area contributed by atoms with Crippen LogP contribution in [0.5, 0.6) is 11.5 Å². The van der Waals surface area contributed by atoms with Gasteiger partial charge in [-0.05, 0) is 81.9 Å². The molecule has 5 aliphatic rings. The maximum atomic E-state index is 14.5. The van der Waals surface area contributed by atoms with Gasteiger partial charge in [-0.1, -0.05) is 31.5 Å². The fourth-order valence-corrected chi connectivity index (χ4v) is 10.2. The van der Waals surface area contributed by atoms with Gasteiger partial charge in [-0.15, -0.1) is 11.3 Å². The highest BCUT2D eigenvalue weighted by Gasteiger charge is 2.61. The number of anilines is 1. The monoisotopic (exact) mass is 899 g/mol. The number of alkyl halides is 2. The largest absolute Gasteiger partial charge is 0.490 e. The summed E-state index contributed by atoms with van der Waals surface area (Å²) in [6, 6.07) is 2.07. The first kappa shape index (κ1) is 43.8. The number of carbonyl (C=O) groups excluding carboxylic acids is 3. The third-order valence-corrected chi connectivity index (χ3v) is 13.7. The summed E-state index contributed by atoms with van der Waals surface area (Å²) in [5.41, 5.74) is 0.0280. The maximum Gasteiger partial charge on any atom is 0.408 e. The lowest BCUT2D eigenvalue weighted by molar-refractivity contribution is -0.145. The number of hydrogen-bond donors (Lipinski definition) is 5. The number of likely N-dealkylation sites (tertiary alicyclic amines) is 1. The number of nitrogens with one attached hydrogen (secondary N) is 4. The number of fused-ring (bicyclic) bond motifs is 2.